The van der Waals surface area contributed by atoms with Crippen LogP contribution < -0.4 is 20.9 Å². The van der Waals surface area contributed by atoms with Crippen LogP contribution >= 0.6 is 0 Å². The summed E-state index contributed by atoms with van der Waals surface area (Å²) in [6.45, 7) is 6.32. The Hall–Kier alpha value is -4.40. The number of piperidine rings is 1. The molecule has 2 aliphatic heterocycles. The summed E-state index contributed by atoms with van der Waals surface area (Å²) >= 11 is 0. The standard InChI is InChI=1S/C36H41N5O3/c42-35(37-17-20-40-21-23-44-24-22-40)32-26-30(38-36(43)39-33-12-6-10-29-9-4-5-11-31(29)33)13-14-34(32)41-18-15-28(16-19-41)25-27-7-2-1-3-8-27/h1-14,26,28H,15-25H2,(H,37,42)(H2,38,39,43). The summed E-state index contributed by atoms with van der Waals surface area (Å²) in [5, 5.41) is 11.1. The fraction of sp³-hybridized carbons (Fsp3) is 0.333. The third-order valence-corrected chi connectivity index (χ3v) is 8.68. The molecule has 44 heavy (non-hydrogen) atoms. The number of urea groups is 1. The summed E-state index contributed by atoms with van der Waals surface area (Å²) in [4.78, 5) is 31.3. The fourth-order valence-electron chi connectivity index (χ4n) is 6.26. The van der Waals surface area contributed by atoms with Crippen LogP contribution in [-0.4, -0.2) is 69.3 Å². The van der Waals surface area contributed by atoms with Crippen molar-refractivity contribution in [1.29, 1.82) is 0 Å². The zero-order chi connectivity index (χ0) is 30.1. The van der Waals surface area contributed by atoms with Gasteiger partial charge in [-0.15, -0.1) is 0 Å². The van der Waals surface area contributed by atoms with E-state index in [-0.39, 0.29) is 11.9 Å². The molecule has 0 bridgehead atoms. The van der Waals surface area contributed by atoms with Crippen LogP contribution in [0, 0.1) is 5.92 Å². The molecule has 2 heterocycles. The van der Waals surface area contributed by atoms with Gasteiger partial charge >= 0.3 is 6.03 Å². The van der Waals surface area contributed by atoms with Gasteiger partial charge in [0.1, 0.15) is 0 Å². The molecule has 2 fully saturated rings. The van der Waals surface area contributed by atoms with Crippen LogP contribution in [-0.2, 0) is 11.2 Å². The molecule has 6 rings (SSSR count). The largest absolute Gasteiger partial charge is 0.379 e. The first-order chi connectivity index (χ1) is 21.6. The number of nitrogens with zero attached hydrogens (tertiary/aromatic N) is 2. The lowest BCUT2D eigenvalue weighted by molar-refractivity contribution is 0.0383. The smallest absolute Gasteiger partial charge is 0.323 e. The van der Waals surface area contributed by atoms with Crippen LogP contribution in [0.15, 0.2) is 91.0 Å². The number of carbonyl (C=O) groups is 2. The molecule has 0 atom stereocenters. The highest BCUT2D eigenvalue weighted by atomic mass is 16.5. The lowest BCUT2D eigenvalue weighted by Crippen LogP contribution is -2.41. The van der Waals surface area contributed by atoms with Gasteiger partial charge in [0.15, 0.2) is 0 Å². The van der Waals surface area contributed by atoms with Crippen molar-refractivity contribution in [2.45, 2.75) is 19.3 Å². The van der Waals surface area contributed by atoms with Crippen molar-refractivity contribution in [2.24, 2.45) is 5.92 Å². The van der Waals surface area contributed by atoms with E-state index in [1.807, 2.05) is 54.6 Å². The number of benzene rings is 4. The Kier molecular flexibility index (Phi) is 9.70. The van der Waals surface area contributed by atoms with Crippen LogP contribution in [0.1, 0.15) is 28.8 Å². The first-order valence-electron chi connectivity index (χ1n) is 15.7. The number of hydrogen-bond acceptors (Lipinski definition) is 5. The zero-order valence-electron chi connectivity index (χ0n) is 25.1. The molecule has 8 nitrogen and oxygen atoms in total. The highest BCUT2D eigenvalue weighted by Crippen LogP contribution is 2.30. The van der Waals surface area contributed by atoms with Crippen molar-refractivity contribution in [2.75, 3.05) is 68.0 Å². The maximum atomic E-state index is 13.6. The highest BCUT2D eigenvalue weighted by Gasteiger charge is 2.24. The average Bonchev–Trinajstić information content (AvgIpc) is 3.06. The SMILES string of the molecule is O=C(Nc1ccc(N2CCC(Cc3ccccc3)CC2)c(C(=O)NCCN2CCOCC2)c1)Nc1cccc2ccccc12. The maximum Gasteiger partial charge on any atom is 0.323 e. The van der Waals surface area contributed by atoms with E-state index in [4.69, 9.17) is 4.74 Å². The molecule has 0 aliphatic carbocycles. The number of fused-ring (bicyclic) bond motifs is 1. The average molecular weight is 592 g/mol. The molecule has 0 radical (unpaired) electrons. The van der Waals surface area contributed by atoms with E-state index in [2.05, 4.69) is 56.1 Å². The summed E-state index contributed by atoms with van der Waals surface area (Å²) in [5.74, 6) is 0.496. The van der Waals surface area contributed by atoms with E-state index < -0.39 is 0 Å². The number of amides is 3. The molecule has 228 valence electrons. The Morgan fingerprint density at radius 1 is 0.795 bits per heavy atom. The first-order valence-corrected chi connectivity index (χ1v) is 15.7. The van der Waals surface area contributed by atoms with E-state index >= 15 is 0 Å². The van der Waals surface area contributed by atoms with Gasteiger partial charge in [-0.3, -0.25) is 9.69 Å². The number of hydrogen-bond donors (Lipinski definition) is 3. The fourth-order valence-corrected chi connectivity index (χ4v) is 6.26. The van der Waals surface area contributed by atoms with E-state index in [0.717, 1.165) is 87.3 Å². The summed E-state index contributed by atoms with van der Waals surface area (Å²) < 4.78 is 5.45. The van der Waals surface area contributed by atoms with Crippen molar-refractivity contribution in [3.63, 3.8) is 0 Å². The second-order valence-electron chi connectivity index (χ2n) is 11.7. The van der Waals surface area contributed by atoms with Crippen molar-refractivity contribution in [3.8, 4) is 0 Å². The number of ether oxygens (including phenoxy) is 1. The summed E-state index contributed by atoms with van der Waals surface area (Å²) in [5.41, 5.74) is 4.17. The monoisotopic (exact) mass is 591 g/mol. The van der Waals surface area contributed by atoms with Crippen LogP contribution in [0.2, 0.25) is 0 Å². The Balaban J connectivity index is 1.15. The Bertz CT molecular complexity index is 1560. The molecule has 4 aromatic rings. The highest BCUT2D eigenvalue weighted by molar-refractivity contribution is 6.07. The van der Waals surface area contributed by atoms with Gasteiger partial charge in [0, 0.05) is 56.0 Å². The number of morpholine rings is 1. The third-order valence-electron chi connectivity index (χ3n) is 8.68. The molecular weight excluding hydrogens is 550 g/mol. The van der Waals surface area contributed by atoms with Gasteiger partial charge in [-0.1, -0.05) is 66.7 Å². The molecule has 3 N–H and O–H groups in total. The summed E-state index contributed by atoms with van der Waals surface area (Å²) in [6, 6.07) is 29.8. The normalized spacial score (nSPS) is 16.0. The molecule has 2 aliphatic rings. The molecule has 0 unspecified atom stereocenters. The molecule has 0 spiro atoms. The number of rotatable bonds is 9. The zero-order valence-corrected chi connectivity index (χ0v) is 25.1. The number of anilines is 3. The molecule has 0 saturated carbocycles. The van der Waals surface area contributed by atoms with Gasteiger partial charge in [-0.25, -0.2) is 4.79 Å². The van der Waals surface area contributed by atoms with E-state index in [9.17, 15) is 9.59 Å². The molecule has 4 aromatic carbocycles. The van der Waals surface area contributed by atoms with Crippen LogP contribution in [0.3, 0.4) is 0 Å². The van der Waals surface area contributed by atoms with Gasteiger partial charge in [0.2, 0.25) is 0 Å². The second-order valence-corrected chi connectivity index (χ2v) is 11.7. The van der Waals surface area contributed by atoms with Gasteiger partial charge in [-0.05, 0) is 60.4 Å². The maximum absolute atomic E-state index is 13.6. The lowest BCUT2D eigenvalue weighted by atomic mass is 9.89. The molecule has 0 aromatic heterocycles. The quantitative estimate of drug-likeness (QED) is 0.222. The van der Waals surface area contributed by atoms with Crippen LogP contribution in [0.5, 0.6) is 0 Å². The van der Waals surface area contributed by atoms with Crippen molar-refractivity contribution < 1.29 is 14.3 Å². The van der Waals surface area contributed by atoms with E-state index in [1.54, 1.807) is 6.07 Å². The molecular formula is C36H41N5O3. The molecule has 2 saturated heterocycles. The van der Waals surface area contributed by atoms with Gasteiger partial charge in [0.05, 0.1) is 24.5 Å². The predicted molar refractivity (Wildman–Crippen MR) is 178 cm³/mol. The van der Waals surface area contributed by atoms with Gasteiger partial charge in [0.25, 0.3) is 5.91 Å². The third kappa shape index (κ3) is 7.56. The Labute approximate surface area is 259 Å². The van der Waals surface area contributed by atoms with Crippen molar-refractivity contribution >= 4 is 39.8 Å². The first kappa shape index (κ1) is 29.7. The summed E-state index contributed by atoms with van der Waals surface area (Å²) in [7, 11) is 0. The van der Waals surface area contributed by atoms with Crippen LogP contribution in [0.4, 0.5) is 21.9 Å². The van der Waals surface area contributed by atoms with E-state index in [1.165, 1.54) is 5.56 Å². The minimum atomic E-state index is -0.352. The summed E-state index contributed by atoms with van der Waals surface area (Å²) in [6.07, 6.45) is 3.22. The second kappa shape index (κ2) is 14.4. The molecule has 8 heteroatoms. The topological polar surface area (TPSA) is 85.9 Å². The number of carbonyl (C=O) groups excluding carboxylic acids is 2. The Morgan fingerprint density at radius 2 is 1.55 bits per heavy atom. The predicted octanol–water partition coefficient (Wildman–Crippen LogP) is 6.00. The van der Waals surface area contributed by atoms with Gasteiger partial charge in [-0.2, -0.15) is 0 Å². The van der Waals surface area contributed by atoms with Crippen molar-refractivity contribution in [3.05, 3.63) is 102 Å². The molecule has 3 amide bonds. The lowest BCUT2D eigenvalue weighted by Gasteiger charge is -2.35. The minimum absolute atomic E-state index is 0.127. The van der Waals surface area contributed by atoms with Gasteiger partial charge < -0.3 is 25.6 Å². The van der Waals surface area contributed by atoms with E-state index in [0.29, 0.717) is 23.7 Å². The number of nitrogens with one attached hydrogen (secondary N) is 3. The Morgan fingerprint density at radius 3 is 2.36 bits per heavy atom. The minimum Gasteiger partial charge on any atom is -0.379 e. The van der Waals surface area contributed by atoms with Crippen LogP contribution in [0.25, 0.3) is 10.8 Å². The van der Waals surface area contributed by atoms with Crippen molar-refractivity contribution in [1.82, 2.24) is 10.2 Å².